The molecule has 26 heavy (non-hydrogen) atoms. The number of methoxy groups -OCH3 is 1. The highest BCUT2D eigenvalue weighted by Gasteiger charge is 2.14. The Morgan fingerprint density at radius 2 is 1.85 bits per heavy atom. The Bertz CT molecular complexity index is 555. The lowest BCUT2D eigenvalue weighted by Gasteiger charge is -2.16. The van der Waals surface area contributed by atoms with Crippen LogP contribution in [0.15, 0.2) is 30.3 Å². The molecule has 146 valence electrons. The van der Waals surface area contributed by atoms with Gasteiger partial charge in [-0.1, -0.05) is 62.6 Å². The van der Waals surface area contributed by atoms with Gasteiger partial charge in [-0.15, -0.1) is 0 Å². The molecule has 3 atom stereocenters. The third kappa shape index (κ3) is 8.13. The second kappa shape index (κ2) is 12.6. The van der Waals surface area contributed by atoms with Gasteiger partial charge in [0.15, 0.2) is 0 Å². The van der Waals surface area contributed by atoms with Crippen LogP contribution in [-0.4, -0.2) is 40.6 Å². The molecule has 0 heterocycles. The maximum Gasteiger partial charge on any atom is 0.305 e. The Balaban J connectivity index is 2.65. The normalized spacial score (nSPS) is 15.0. The van der Waals surface area contributed by atoms with Crippen molar-refractivity contribution in [3.8, 4) is 0 Å². The quantitative estimate of drug-likeness (QED) is 0.391. The van der Waals surface area contributed by atoms with Crippen molar-refractivity contribution in [2.24, 2.45) is 0 Å². The van der Waals surface area contributed by atoms with Crippen LogP contribution in [-0.2, 0) is 9.53 Å². The zero-order valence-electron chi connectivity index (χ0n) is 15.8. The second-order valence-corrected chi connectivity index (χ2v) is 6.53. The van der Waals surface area contributed by atoms with Gasteiger partial charge in [-0.3, -0.25) is 4.79 Å². The summed E-state index contributed by atoms with van der Waals surface area (Å²) in [5.41, 5.74) is 1.53. The third-order valence-corrected chi connectivity index (χ3v) is 4.41. The first kappa shape index (κ1) is 22.4. The Kier molecular flexibility index (Phi) is 10.9. The predicted octanol–water partition coefficient (Wildman–Crippen LogP) is 3.38. The Labute approximate surface area is 156 Å². The molecule has 0 aromatic heterocycles. The number of carbonyl (C=O) groups is 1. The SMILES string of the molecule is CCCCC[C@H](O)[C@H](O)/C=C/c1ccccc1[C@@H](O)CCCC(=O)OC. The molecule has 0 saturated heterocycles. The van der Waals surface area contributed by atoms with E-state index in [9.17, 15) is 20.1 Å². The molecule has 0 amide bonds. The van der Waals surface area contributed by atoms with E-state index in [1.54, 1.807) is 12.2 Å². The molecule has 5 heteroatoms. The van der Waals surface area contributed by atoms with Crippen LogP contribution in [0, 0.1) is 0 Å². The zero-order valence-corrected chi connectivity index (χ0v) is 15.8. The zero-order chi connectivity index (χ0) is 19.4. The highest BCUT2D eigenvalue weighted by Crippen LogP contribution is 2.24. The molecule has 1 aromatic carbocycles. The molecule has 0 aliphatic carbocycles. The molecule has 3 N–H and O–H groups in total. The van der Waals surface area contributed by atoms with Gasteiger partial charge in [-0.2, -0.15) is 0 Å². The molecule has 0 bridgehead atoms. The molecule has 0 aliphatic heterocycles. The largest absolute Gasteiger partial charge is 0.469 e. The summed E-state index contributed by atoms with van der Waals surface area (Å²) in [5, 5.41) is 30.5. The molecule has 5 nitrogen and oxygen atoms in total. The summed E-state index contributed by atoms with van der Waals surface area (Å²) in [6.07, 6.45) is 5.69. The van der Waals surface area contributed by atoms with Gasteiger partial charge in [0, 0.05) is 6.42 Å². The first-order valence-electron chi connectivity index (χ1n) is 9.37. The number of aliphatic hydroxyl groups excluding tert-OH is 3. The fourth-order valence-corrected chi connectivity index (χ4v) is 2.77. The maximum atomic E-state index is 11.2. The van der Waals surface area contributed by atoms with Crippen LogP contribution in [0.5, 0.6) is 0 Å². The highest BCUT2D eigenvalue weighted by molar-refractivity contribution is 5.69. The smallest absolute Gasteiger partial charge is 0.305 e. The van der Waals surface area contributed by atoms with Gasteiger partial charge in [0.1, 0.15) is 0 Å². The van der Waals surface area contributed by atoms with Crippen molar-refractivity contribution < 1.29 is 24.9 Å². The van der Waals surface area contributed by atoms with Crippen molar-refractivity contribution >= 4 is 12.0 Å². The second-order valence-electron chi connectivity index (χ2n) is 6.53. The number of esters is 1. The minimum absolute atomic E-state index is 0.272. The van der Waals surface area contributed by atoms with Crippen molar-refractivity contribution in [1.82, 2.24) is 0 Å². The summed E-state index contributed by atoms with van der Waals surface area (Å²) in [7, 11) is 1.35. The Morgan fingerprint density at radius 1 is 1.12 bits per heavy atom. The topological polar surface area (TPSA) is 87.0 Å². The molecule has 0 saturated carbocycles. The van der Waals surface area contributed by atoms with Gasteiger partial charge in [0.2, 0.25) is 0 Å². The first-order valence-corrected chi connectivity index (χ1v) is 9.37. The van der Waals surface area contributed by atoms with E-state index in [0.29, 0.717) is 19.3 Å². The van der Waals surface area contributed by atoms with E-state index in [4.69, 9.17) is 0 Å². The van der Waals surface area contributed by atoms with Gasteiger partial charge in [-0.05, 0) is 30.4 Å². The Hall–Kier alpha value is -1.69. The summed E-state index contributed by atoms with van der Waals surface area (Å²) in [6, 6.07) is 7.37. The number of rotatable bonds is 12. The standard InChI is InChI=1S/C21H32O5/c1-3-4-5-11-19(23)20(24)15-14-16-9-6-7-10-17(16)18(22)12-8-13-21(25)26-2/h6-7,9-10,14-15,18-20,22-24H,3-5,8,11-13H2,1-2H3/b15-14+/t18-,19-,20+/m0/s1. The average Bonchev–Trinajstić information content (AvgIpc) is 2.66. The van der Waals surface area contributed by atoms with Crippen molar-refractivity contribution in [3.05, 3.63) is 41.5 Å². The van der Waals surface area contributed by atoms with Gasteiger partial charge in [-0.25, -0.2) is 0 Å². The number of unbranched alkanes of at least 4 members (excludes halogenated alkanes) is 2. The number of benzene rings is 1. The van der Waals surface area contributed by atoms with Crippen LogP contribution in [0.4, 0.5) is 0 Å². The van der Waals surface area contributed by atoms with Crippen molar-refractivity contribution in [1.29, 1.82) is 0 Å². The summed E-state index contributed by atoms with van der Waals surface area (Å²) in [6.45, 7) is 2.09. The van der Waals surface area contributed by atoms with E-state index < -0.39 is 18.3 Å². The van der Waals surface area contributed by atoms with E-state index >= 15 is 0 Å². The van der Waals surface area contributed by atoms with Crippen LogP contribution in [0.3, 0.4) is 0 Å². The van der Waals surface area contributed by atoms with Gasteiger partial charge < -0.3 is 20.1 Å². The molecule has 0 radical (unpaired) electrons. The van der Waals surface area contributed by atoms with Crippen LogP contribution in [0.1, 0.15) is 69.1 Å². The van der Waals surface area contributed by atoms with Crippen molar-refractivity contribution in [2.75, 3.05) is 7.11 Å². The fraction of sp³-hybridized carbons (Fsp3) is 0.571. The predicted molar refractivity (Wildman–Crippen MR) is 102 cm³/mol. The Morgan fingerprint density at radius 3 is 2.54 bits per heavy atom. The highest BCUT2D eigenvalue weighted by atomic mass is 16.5. The summed E-state index contributed by atoms with van der Waals surface area (Å²) >= 11 is 0. The monoisotopic (exact) mass is 364 g/mol. The average molecular weight is 364 g/mol. The summed E-state index contributed by atoms with van der Waals surface area (Å²) < 4.78 is 4.60. The molecular formula is C21H32O5. The number of hydrogen-bond donors (Lipinski definition) is 3. The lowest BCUT2D eigenvalue weighted by Crippen LogP contribution is -2.23. The van der Waals surface area contributed by atoms with E-state index in [-0.39, 0.29) is 12.4 Å². The van der Waals surface area contributed by atoms with Crippen molar-refractivity contribution in [3.63, 3.8) is 0 Å². The molecule has 0 fully saturated rings. The van der Waals surface area contributed by atoms with Gasteiger partial charge in [0.25, 0.3) is 0 Å². The lowest BCUT2D eigenvalue weighted by molar-refractivity contribution is -0.140. The number of carbonyl (C=O) groups excluding carboxylic acids is 1. The number of hydrogen-bond acceptors (Lipinski definition) is 5. The van der Waals surface area contributed by atoms with Crippen molar-refractivity contribution in [2.45, 2.75) is 70.2 Å². The molecule has 0 spiro atoms. The molecule has 1 aromatic rings. The number of aliphatic hydroxyl groups is 3. The lowest BCUT2D eigenvalue weighted by atomic mass is 9.97. The minimum atomic E-state index is -0.934. The van der Waals surface area contributed by atoms with E-state index in [2.05, 4.69) is 11.7 Å². The van der Waals surface area contributed by atoms with E-state index in [1.165, 1.54) is 7.11 Å². The van der Waals surface area contributed by atoms with E-state index in [1.807, 2.05) is 24.3 Å². The molecule has 0 unspecified atom stereocenters. The first-order chi connectivity index (χ1) is 12.5. The van der Waals surface area contributed by atoms with Crippen LogP contribution < -0.4 is 0 Å². The van der Waals surface area contributed by atoms with Crippen LogP contribution in [0.2, 0.25) is 0 Å². The summed E-state index contributed by atoms with van der Waals surface area (Å²) in [4.78, 5) is 11.2. The molecule has 0 aliphatic rings. The number of ether oxygens (including phenoxy) is 1. The molecular weight excluding hydrogens is 332 g/mol. The van der Waals surface area contributed by atoms with Gasteiger partial charge in [0.05, 0.1) is 25.4 Å². The third-order valence-electron chi connectivity index (χ3n) is 4.41. The minimum Gasteiger partial charge on any atom is -0.469 e. The van der Waals surface area contributed by atoms with Gasteiger partial charge >= 0.3 is 5.97 Å². The van der Waals surface area contributed by atoms with E-state index in [0.717, 1.165) is 30.4 Å². The molecule has 1 rings (SSSR count). The maximum absolute atomic E-state index is 11.2. The fourth-order valence-electron chi connectivity index (χ4n) is 2.77. The summed E-state index contributed by atoms with van der Waals surface area (Å²) in [5.74, 6) is -0.287. The van der Waals surface area contributed by atoms with Crippen LogP contribution >= 0.6 is 0 Å². The van der Waals surface area contributed by atoms with Crippen LogP contribution in [0.25, 0.3) is 6.08 Å².